The lowest BCUT2D eigenvalue weighted by atomic mass is 10.1. The number of nitrogens with one attached hydrogen (secondary N) is 1. The van der Waals surface area contributed by atoms with Crippen LogP contribution in [0, 0.1) is 5.92 Å². The molecule has 1 aromatic rings. The maximum Gasteiger partial charge on any atom is 0.435 e. The van der Waals surface area contributed by atoms with Crippen LogP contribution in [0.25, 0.3) is 0 Å². The Balaban J connectivity index is 1.87. The molecule has 1 aliphatic carbocycles. The van der Waals surface area contributed by atoms with E-state index in [1.165, 1.54) is 6.08 Å². The van der Waals surface area contributed by atoms with Gasteiger partial charge in [-0.2, -0.15) is 18.3 Å². The molecule has 2 N–H and O–H groups in total. The highest BCUT2D eigenvalue weighted by atomic mass is 19.4. The van der Waals surface area contributed by atoms with Crippen LogP contribution >= 0.6 is 0 Å². The molecule has 0 saturated heterocycles. The van der Waals surface area contributed by atoms with Gasteiger partial charge in [-0.3, -0.25) is 14.3 Å². The second kappa shape index (κ2) is 5.58. The van der Waals surface area contributed by atoms with E-state index in [2.05, 4.69) is 10.4 Å². The molecule has 114 valence electrons. The predicted octanol–water partition coefficient (Wildman–Crippen LogP) is 1.05. The molecule has 1 aliphatic rings. The number of carbonyl (C=O) groups excluding carboxylic acids is 1. The summed E-state index contributed by atoms with van der Waals surface area (Å²) in [5, 5.41) is 14.6. The molecule has 0 saturated carbocycles. The normalized spacial score (nSPS) is 21.5. The van der Waals surface area contributed by atoms with Gasteiger partial charge in [0.2, 0.25) is 5.91 Å². The third-order valence-electron chi connectivity index (χ3n) is 2.98. The molecule has 1 aromatic heterocycles. The molecule has 0 spiro atoms. The van der Waals surface area contributed by atoms with Crippen molar-refractivity contribution < 1.29 is 27.9 Å². The molecule has 2 atom stereocenters. The van der Waals surface area contributed by atoms with E-state index < -0.39 is 35.7 Å². The van der Waals surface area contributed by atoms with Crippen molar-refractivity contribution in [3.05, 3.63) is 30.1 Å². The van der Waals surface area contributed by atoms with Gasteiger partial charge < -0.3 is 10.4 Å². The van der Waals surface area contributed by atoms with Crippen molar-refractivity contribution in [1.82, 2.24) is 15.1 Å². The molecular formula is C12H12F3N3O3. The fourth-order valence-corrected chi connectivity index (χ4v) is 1.99. The molecule has 1 amide bonds. The fraction of sp³-hybridized carbons (Fsp3) is 0.417. The lowest BCUT2D eigenvalue weighted by Gasteiger charge is -2.12. The van der Waals surface area contributed by atoms with Crippen LogP contribution in [-0.4, -0.2) is 32.8 Å². The van der Waals surface area contributed by atoms with E-state index in [4.69, 9.17) is 5.11 Å². The predicted molar refractivity (Wildman–Crippen MR) is 64.0 cm³/mol. The van der Waals surface area contributed by atoms with E-state index in [1.54, 1.807) is 6.08 Å². The minimum atomic E-state index is -4.55. The van der Waals surface area contributed by atoms with Crippen molar-refractivity contribution in [2.45, 2.75) is 25.2 Å². The molecule has 0 aromatic carbocycles. The highest BCUT2D eigenvalue weighted by molar-refractivity contribution is 5.77. The minimum Gasteiger partial charge on any atom is -0.481 e. The van der Waals surface area contributed by atoms with Crippen molar-refractivity contribution in [3.63, 3.8) is 0 Å². The van der Waals surface area contributed by atoms with E-state index in [-0.39, 0.29) is 13.0 Å². The molecule has 9 heteroatoms. The van der Waals surface area contributed by atoms with Crippen LogP contribution in [0.2, 0.25) is 0 Å². The Bertz CT molecular complexity index is 580. The van der Waals surface area contributed by atoms with Crippen molar-refractivity contribution in [2.24, 2.45) is 5.92 Å². The van der Waals surface area contributed by atoms with Gasteiger partial charge in [0.15, 0.2) is 5.69 Å². The smallest absolute Gasteiger partial charge is 0.435 e. The summed E-state index contributed by atoms with van der Waals surface area (Å²) in [7, 11) is 0. The van der Waals surface area contributed by atoms with E-state index >= 15 is 0 Å². The molecule has 2 unspecified atom stereocenters. The van der Waals surface area contributed by atoms with Crippen molar-refractivity contribution >= 4 is 11.9 Å². The van der Waals surface area contributed by atoms with Crippen LogP contribution in [0.4, 0.5) is 13.2 Å². The maximum atomic E-state index is 12.3. The number of hydrogen-bond acceptors (Lipinski definition) is 3. The van der Waals surface area contributed by atoms with Crippen LogP contribution < -0.4 is 5.32 Å². The summed E-state index contributed by atoms with van der Waals surface area (Å²) in [6.07, 6.45) is -0.227. The third kappa shape index (κ3) is 3.83. The lowest BCUT2D eigenvalue weighted by molar-refractivity contribution is -0.142. The van der Waals surface area contributed by atoms with Crippen LogP contribution in [0.15, 0.2) is 24.4 Å². The zero-order chi connectivity index (χ0) is 15.6. The summed E-state index contributed by atoms with van der Waals surface area (Å²) < 4.78 is 37.9. The van der Waals surface area contributed by atoms with Gasteiger partial charge in [-0.05, 0) is 12.5 Å². The Hall–Kier alpha value is -2.32. The van der Waals surface area contributed by atoms with Crippen molar-refractivity contribution in [3.8, 4) is 0 Å². The molecule has 6 nitrogen and oxygen atoms in total. The molecule has 0 fully saturated rings. The number of rotatable bonds is 4. The van der Waals surface area contributed by atoms with Gasteiger partial charge >= 0.3 is 12.1 Å². The molecule has 21 heavy (non-hydrogen) atoms. The van der Waals surface area contributed by atoms with Gasteiger partial charge in [0.05, 0.1) is 5.92 Å². The summed E-state index contributed by atoms with van der Waals surface area (Å²) in [4.78, 5) is 22.4. The van der Waals surface area contributed by atoms with Crippen molar-refractivity contribution in [1.29, 1.82) is 0 Å². The Kier molecular flexibility index (Phi) is 4.01. The highest BCUT2D eigenvalue weighted by Crippen LogP contribution is 2.27. The van der Waals surface area contributed by atoms with Crippen LogP contribution in [0.3, 0.4) is 0 Å². The first-order chi connectivity index (χ1) is 9.75. The molecule has 2 rings (SSSR count). The molecule has 0 radical (unpaired) electrons. The van der Waals surface area contributed by atoms with Crippen LogP contribution in [0.1, 0.15) is 12.1 Å². The topological polar surface area (TPSA) is 84.2 Å². The average molecular weight is 303 g/mol. The summed E-state index contributed by atoms with van der Waals surface area (Å²) >= 11 is 0. The van der Waals surface area contributed by atoms with Gasteiger partial charge in [-0.1, -0.05) is 12.2 Å². The standard InChI is InChI=1S/C12H12F3N3O3/c13-12(14,15)9-3-4-18(17-9)6-10(19)16-8-2-1-7(5-8)11(20)21/h1-4,7-8H,5-6H2,(H,16,19)(H,20,21). The van der Waals surface area contributed by atoms with Gasteiger partial charge in [0, 0.05) is 12.2 Å². The Labute approximate surface area is 117 Å². The Morgan fingerprint density at radius 1 is 1.43 bits per heavy atom. The minimum absolute atomic E-state index is 0.230. The van der Waals surface area contributed by atoms with Crippen molar-refractivity contribution in [2.75, 3.05) is 0 Å². The number of nitrogens with zero attached hydrogens (tertiary/aromatic N) is 2. The molecular weight excluding hydrogens is 291 g/mol. The Morgan fingerprint density at radius 2 is 2.14 bits per heavy atom. The van der Waals surface area contributed by atoms with Gasteiger partial charge in [-0.25, -0.2) is 0 Å². The maximum absolute atomic E-state index is 12.3. The second-order valence-corrected chi connectivity index (χ2v) is 4.64. The first kappa shape index (κ1) is 15.1. The zero-order valence-electron chi connectivity index (χ0n) is 10.7. The SMILES string of the molecule is O=C(Cn1ccc(C(F)(F)F)n1)NC1C=CC(C(=O)O)C1. The first-order valence-corrected chi connectivity index (χ1v) is 6.07. The van der Waals surface area contributed by atoms with E-state index in [0.29, 0.717) is 0 Å². The van der Waals surface area contributed by atoms with Crippen LogP contribution in [-0.2, 0) is 22.3 Å². The number of aromatic nitrogens is 2. The zero-order valence-corrected chi connectivity index (χ0v) is 10.7. The quantitative estimate of drug-likeness (QED) is 0.814. The highest BCUT2D eigenvalue weighted by Gasteiger charge is 2.33. The third-order valence-corrected chi connectivity index (χ3v) is 2.98. The number of hydrogen-bond donors (Lipinski definition) is 2. The summed E-state index contributed by atoms with van der Waals surface area (Å²) in [6.45, 7) is -0.363. The average Bonchev–Trinajstić information content (AvgIpc) is 2.97. The molecule has 1 heterocycles. The Morgan fingerprint density at radius 3 is 2.67 bits per heavy atom. The number of carboxylic acids is 1. The number of aliphatic carboxylic acids is 1. The molecule has 0 bridgehead atoms. The van der Waals surface area contributed by atoms with E-state index in [1.807, 2.05) is 0 Å². The number of alkyl halides is 3. The van der Waals surface area contributed by atoms with Gasteiger partial charge in [0.1, 0.15) is 6.54 Å². The summed E-state index contributed by atoms with van der Waals surface area (Å²) in [5.74, 6) is -2.17. The number of halogens is 3. The van der Waals surface area contributed by atoms with E-state index in [0.717, 1.165) is 16.9 Å². The summed E-state index contributed by atoms with van der Waals surface area (Å²) in [5.41, 5.74) is -1.07. The molecule has 0 aliphatic heterocycles. The monoisotopic (exact) mass is 303 g/mol. The number of carbonyl (C=O) groups is 2. The summed E-state index contributed by atoms with van der Waals surface area (Å²) in [6, 6.07) is 0.347. The number of amides is 1. The largest absolute Gasteiger partial charge is 0.481 e. The van der Waals surface area contributed by atoms with Crippen LogP contribution in [0.5, 0.6) is 0 Å². The second-order valence-electron chi connectivity index (χ2n) is 4.64. The fourth-order valence-electron chi connectivity index (χ4n) is 1.99. The lowest BCUT2D eigenvalue weighted by Crippen LogP contribution is -2.35. The van der Waals surface area contributed by atoms with E-state index in [9.17, 15) is 22.8 Å². The van der Waals surface area contributed by atoms with Gasteiger partial charge in [0.25, 0.3) is 0 Å². The number of carboxylic acid groups (broad SMARTS) is 1. The first-order valence-electron chi connectivity index (χ1n) is 6.07. The van der Waals surface area contributed by atoms with Gasteiger partial charge in [-0.15, -0.1) is 0 Å².